The average Bonchev–Trinajstić information content (AvgIpc) is 2.40. The molecule has 4 heteroatoms. The van der Waals surface area contributed by atoms with Crippen LogP contribution < -0.4 is 5.32 Å². The van der Waals surface area contributed by atoms with Gasteiger partial charge in [0.2, 0.25) is 0 Å². The molecule has 0 aromatic heterocycles. The highest BCUT2D eigenvalue weighted by Gasteiger charge is 2.22. The second-order valence-corrected chi connectivity index (χ2v) is 3.92. The van der Waals surface area contributed by atoms with Crippen molar-refractivity contribution in [3.05, 3.63) is 41.0 Å². The fourth-order valence-electron chi connectivity index (χ4n) is 2.03. The van der Waals surface area contributed by atoms with E-state index in [0.29, 0.717) is 5.70 Å². The third kappa shape index (κ3) is 2.21. The maximum atomic E-state index is 11.7. The number of esters is 1. The van der Waals surface area contributed by atoms with Crippen molar-refractivity contribution in [3.63, 3.8) is 0 Å². The number of nitriles is 1. The van der Waals surface area contributed by atoms with Gasteiger partial charge in [-0.05, 0) is 18.9 Å². The predicted octanol–water partition coefficient (Wildman–Crippen LogP) is 1.63. The number of carbonyl (C=O) groups is 1. The van der Waals surface area contributed by atoms with Crippen LogP contribution in [0.15, 0.2) is 29.8 Å². The van der Waals surface area contributed by atoms with E-state index in [2.05, 4.69) is 5.32 Å². The topological polar surface area (TPSA) is 62.1 Å². The van der Waals surface area contributed by atoms with E-state index in [1.165, 1.54) is 0 Å². The standard InChI is InChI=1S/C14H14N2O2/c1-2-18-14(17)12(9-15)13-11-6-4-3-5-10(11)7-8-16-13/h3-6,16H,2,7-8H2,1H3/b13-12-. The minimum atomic E-state index is -0.570. The van der Waals surface area contributed by atoms with E-state index in [1.807, 2.05) is 30.3 Å². The molecule has 1 heterocycles. The summed E-state index contributed by atoms with van der Waals surface area (Å²) in [5.41, 5.74) is 2.68. The van der Waals surface area contributed by atoms with Gasteiger partial charge >= 0.3 is 5.97 Å². The minimum absolute atomic E-state index is 0.0454. The highest BCUT2D eigenvalue weighted by molar-refractivity contribution is 6.01. The van der Waals surface area contributed by atoms with Gasteiger partial charge in [-0.1, -0.05) is 24.3 Å². The summed E-state index contributed by atoms with van der Waals surface area (Å²) in [5, 5.41) is 12.3. The third-order valence-corrected chi connectivity index (χ3v) is 2.82. The number of ether oxygens (including phenoxy) is 1. The van der Waals surface area contributed by atoms with Gasteiger partial charge in [0.05, 0.1) is 12.3 Å². The van der Waals surface area contributed by atoms with Gasteiger partial charge in [-0.3, -0.25) is 0 Å². The zero-order valence-electron chi connectivity index (χ0n) is 10.2. The zero-order valence-corrected chi connectivity index (χ0v) is 10.2. The Labute approximate surface area is 106 Å². The van der Waals surface area contributed by atoms with E-state index in [4.69, 9.17) is 10.00 Å². The van der Waals surface area contributed by atoms with Crippen LogP contribution in [0.4, 0.5) is 0 Å². The summed E-state index contributed by atoms with van der Waals surface area (Å²) in [4.78, 5) is 11.7. The van der Waals surface area contributed by atoms with Crippen LogP contribution in [0.2, 0.25) is 0 Å². The molecule has 0 spiro atoms. The smallest absolute Gasteiger partial charge is 0.351 e. The van der Waals surface area contributed by atoms with Crippen LogP contribution >= 0.6 is 0 Å². The first-order valence-corrected chi connectivity index (χ1v) is 5.91. The Hall–Kier alpha value is -2.28. The van der Waals surface area contributed by atoms with Crippen molar-refractivity contribution in [1.82, 2.24) is 5.32 Å². The summed E-state index contributed by atoms with van der Waals surface area (Å²) in [6, 6.07) is 9.71. The molecule has 0 saturated carbocycles. The Morgan fingerprint density at radius 1 is 1.50 bits per heavy atom. The van der Waals surface area contributed by atoms with Gasteiger partial charge in [-0.25, -0.2) is 4.79 Å². The minimum Gasteiger partial charge on any atom is -0.462 e. The summed E-state index contributed by atoms with van der Waals surface area (Å²) >= 11 is 0. The fraction of sp³-hybridized carbons (Fsp3) is 0.286. The number of hydrogen-bond acceptors (Lipinski definition) is 4. The molecule has 1 N–H and O–H groups in total. The molecule has 92 valence electrons. The molecule has 0 unspecified atom stereocenters. The first kappa shape index (κ1) is 12.2. The van der Waals surface area contributed by atoms with Crippen LogP contribution in [0.1, 0.15) is 18.1 Å². The molecular formula is C14H14N2O2. The molecule has 1 aromatic rings. The van der Waals surface area contributed by atoms with Gasteiger partial charge in [0.15, 0.2) is 5.57 Å². The number of fused-ring (bicyclic) bond motifs is 1. The van der Waals surface area contributed by atoms with Gasteiger partial charge in [-0.15, -0.1) is 0 Å². The fourth-order valence-corrected chi connectivity index (χ4v) is 2.03. The molecule has 1 aliphatic rings. The molecule has 0 aliphatic carbocycles. The summed E-state index contributed by atoms with van der Waals surface area (Å²) in [7, 11) is 0. The van der Waals surface area contributed by atoms with Crippen LogP contribution in [-0.2, 0) is 16.0 Å². The van der Waals surface area contributed by atoms with Crippen LogP contribution in [0, 0.1) is 11.3 Å². The lowest BCUT2D eigenvalue weighted by molar-refractivity contribution is -0.137. The van der Waals surface area contributed by atoms with Crippen molar-refractivity contribution >= 4 is 11.7 Å². The first-order valence-electron chi connectivity index (χ1n) is 5.91. The average molecular weight is 242 g/mol. The molecular weight excluding hydrogens is 228 g/mol. The summed E-state index contributed by atoms with van der Waals surface area (Å²) < 4.78 is 4.90. The van der Waals surface area contributed by atoms with E-state index >= 15 is 0 Å². The van der Waals surface area contributed by atoms with Gasteiger partial charge < -0.3 is 10.1 Å². The van der Waals surface area contributed by atoms with Gasteiger partial charge in [-0.2, -0.15) is 5.26 Å². The highest BCUT2D eigenvalue weighted by atomic mass is 16.5. The molecule has 0 amide bonds. The van der Waals surface area contributed by atoms with Crippen LogP contribution in [0.3, 0.4) is 0 Å². The van der Waals surface area contributed by atoms with Crippen LogP contribution in [-0.4, -0.2) is 19.1 Å². The van der Waals surface area contributed by atoms with E-state index in [0.717, 1.165) is 24.1 Å². The Balaban J connectivity index is 2.50. The number of nitrogens with one attached hydrogen (secondary N) is 1. The van der Waals surface area contributed by atoms with E-state index in [-0.39, 0.29) is 12.2 Å². The zero-order chi connectivity index (χ0) is 13.0. The van der Waals surface area contributed by atoms with Crippen LogP contribution in [0.25, 0.3) is 5.70 Å². The lowest BCUT2D eigenvalue weighted by Gasteiger charge is -2.21. The van der Waals surface area contributed by atoms with Crippen molar-refractivity contribution in [3.8, 4) is 6.07 Å². The largest absolute Gasteiger partial charge is 0.462 e. The summed E-state index contributed by atoms with van der Waals surface area (Å²) in [5.74, 6) is -0.570. The second-order valence-electron chi connectivity index (χ2n) is 3.92. The Bertz CT molecular complexity index is 541. The second kappa shape index (κ2) is 5.37. The highest BCUT2D eigenvalue weighted by Crippen LogP contribution is 2.24. The van der Waals surface area contributed by atoms with Crippen LogP contribution in [0.5, 0.6) is 0 Å². The molecule has 0 radical (unpaired) electrons. The van der Waals surface area contributed by atoms with Crippen molar-refractivity contribution < 1.29 is 9.53 Å². The van der Waals surface area contributed by atoms with E-state index in [1.54, 1.807) is 6.92 Å². The van der Waals surface area contributed by atoms with E-state index < -0.39 is 5.97 Å². The SMILES string of the molecule is CCOC(=O)/C(C#N)=C1\NCCc2ccccc21. The first-order chi connectivity index (χ1) is 8.77. The Morgan fingerprint density at radius 3 is 3.00 bits per heavy atom. The lowest BCUT2D eigenvalue weighted by atomic mass is 9.95. The normalized spacial score (nSPS) is 16.0. The number of hydrogen-bond donors (Lipinski definition) is 1. The van der Waals surface area contributed by atoms with Crippen molar-refractivity contribution in [1.29, 1.82) is 5.26 Å². The molecule has 1 aromatic carbocycles. The van der Waals surface area contributed by atoms with Crippen molar-refractivity contribution in [2.24, 2.45) is 0 Å². The van der Waals surface area contributed by atoms with Gasteiger partial charge in [0.25, 0.3) is 0 Å². The maximum Gasteiger partial charge on any atom is 0.351 e. The number of nitrogens with zero attached hydrogens (tertiary/aromatic N) is 1. The monoisotopic (exact) mass is 242 g/mol. The Kier molecular flexibility index (Phi) is 3.63. The number of benzene rings is 1. The maximum absolute atomic E-state index is 11.7. The molecule has 0 fully saturated rings. The quantitative estimate of drug-likeness (QED) is 0.486. The van der Waals surface area contributed by atoms with E-state index in [9.17, 15) is 4.79 Å². The molecule has 1 aliphatic heterocycles. The number of rotatable bonds is 2. The van der Waals surface area contributed by atoms with Crippen molar-refractivity contribution in [2.45, 2.75) is 13.3 Å². The third-order valence-electron chi connectivity index (χ3n) is 2.82. The number of carbonyl (C=O) groups excluding carboxylic acids is 1. The van der Waals surface area contributed by atoms with Crippen molar-refractivity contribution in [2.75, 3.05) is 13.2 Å². The van der Waals surface area contributed by atoms with Gasteiger partial charge in [0, 0.05) is 12.1 Å². The Morgan fingerprint density at radius 2 is 2.28 bits per heavy atom. The molecule has 4 nitrogen and oxygen atoms in total. The predicted molar refractivity (Wildman–Crippen MR) is 67.3 cm³/mol. The molecule has 0 bridgehead atoms. The summed E-state index contributed by atoms with van der Waals surface area (Å²) in [6.07, 6.45) is 0.890. The molecule has 18 heavy (non-hydrogen) atoms. The molecule has 2 rings (SSSR count). The lowest BCUT2D eigenvalue weighted by Crippen LogP contribution is -2.26. The summed E-state index contributed by atoms with van der Waals surface area (Å²) in [6.45, 7) is 2.70. The van der Waals surface area contributed by atoms with Gasteiger partial charge in [0.1, 0.15) is 6.07 Å². The molecule has 0 atom stereocenters. The molecule has 0 saturated heterocycles.